The Kier molecular flexibility index (Phi) is 4.34. The number of anilines is 1. The average Bonchev–Trinajstić information content (AvgIpc) is 2.83. The molecule has 0 fully saturated rings. The number of nitrogens with zero attached hydrogens (tertiary/aromatic N) is 2. The molecule has 5 nitrogen and oxygen atoms in total. The van der Waals surface area contributed by atoms with E-state index in [1.807, 2.05) is 25.3 Å². The topological polar surface area (TPSA) is 70.3 Å². The number of hydrogen-bond acceptors (Lipinski definition) is 6. The summed E-state index contributed by atoms with van der Waals surface area (Å²) in [4.78, 5) is 9.57. The van der Waals surface area contributed by atoms with Gasteiger partial charge in [0.25, 0.3) is 0 Å². The number of nitrogen functional groups attached to an aromatic ring is 1. The Morgan fingerprint density at radius 1 is 1.37 bits per heavy atom. The fraction of sp³-hybridized carbons (Fsp3) is 0.538. The molecule has 0 atom stereocenters. The third-order valence-corrected chi connectivity index (χ3v) is 3.84. The molecule has 0 bridgehead atoms. The summed E-state index contributed by atoms with van der Waals surface area (Å²) < 4.78 is 10.9. The summed E-state index contributed by atoms with van der Waals surface area (Å²) in [7, 11) is 1.70. The lowest BCUT2D eigenvalue weighted by molar-refractivity contribution is -0.0131. The van der Waals surface area contributed by atoms with Gasteiger partial charge in [0.2, 0.25) is 0 Å². The van der Waals surface area contributed by atoms with Gasteiger partial charge in [0.05, 0.1) is 11.0 Å². The van der Waals surface area contributed by atoms with Crippen molar-refractivity contribution in [2.75, 3.05) is 19.5 Å². The average molecular weight is 281 g/mol. The van der Waals surface area contributed by atoms with Crippen molar-refractivity contribution in [1.82, 2.24) is 9.97 Å². The molecule has 0 aliphatic carbocycles. The molecule has 6 heteroatoms. The lowest BCUT2D eigenvalue weighted by Crippen LogP contribution is -2.24. The normalized spacial score (nSPS) is 12.2. The fourth-order valence-electron chi connectivity index (χ4n) is 1.57. The molecule has 0 unspecified atom stereocenters. The number of aromatic nitrogens is 2. The molecule has 0 radical (unpaired) electrons. The quantitative estimate of drug-likeness (QED) is 0.824. The van der Waals surface area contributed by atoms with E-state index in [4.69, 9.17) is 15.2 Å². The zero-order valence-corrected chi connectivity index (χ0v) is 12.3. The summed E-state index contributed by atoms with van der Waals surface area (Å²) in [6.45, 7) is 5.04. The highest BCUT2D eigenvalue weighted by Gasteiger charge is 2.15. The van der Waals surface area contributed by atoms with E-state index in [1.54, 1.807) is 18.4 Å². The van der Waals surface area contributed by atoms with E-state index < -0.39 is 0 Å². The molecule has 2 aromatic rings. The Labute approximate surface area is 116 Å². The van der Waals surface area contributed by atoms with Gasteiger partial charge in [0.1, 0.15) is 17.3 Å². The zero-order valence-electron chi connectivity index (χ0n) is 11.5. The lowest BCUT2D eigenvalue weighted by atomic mass is 10.1. The Bertz CT molecular complexity index is 554. The van der Waals surface area contributed by atoms with Crippen molar-refractivity contribution in [1.29, 1.82) is 0 Å². The number of ether oxygens (including phenoxy) is 2. The number of rotatable bonds is 6. The van der Waals surface area contributed by atoms with Gasteiger partial charge in [0, 0.05) is 13.7 Å². The highest BCUT2D eigenvalue weighted by molar-refractivity contribution is 7.16. The summed E-state index contributed by atoms with van der Waals surface area (Å²) in [6.07, 6.45) is 0.820. The van der Waals surface area contributed by atoms with Crippen LogP contribution in [0, 0.1) is 0 Å². The first kappa shape index (κ1) is 14.2. The van der Waals surface area contributed by atoms with Crippen molar-refractivity contribution < 1.29 is 9.47 Å². The number of thiophene rings is 1. The standard InChI is InChI=1S/C13H19N3O2S/c1-13(2,17-3)5-6-18-8-10-15-11(14)9-4-7-19-12(9)16-10/h4,7H,5-6,8H2,1-3H3,(H2,14,15,16). The van der Waals surface area contributed by atoms with Gasteiger partial charge in [-0.1, -0.05) is 0 Å². The minimum absolute atomic E-state index is 0.169. The van der Waals surface area contributed by atoms with Crippen LogP contribution in [0.1, 0.15) is 26.1 Å². The summed E-state index contributed by atoms with van der Waals surface area (Å²) in [6, 6.07) is 1.93. The van der Waals surface area contributed by atoms with Crippen LogP contribution in [-0.4, -0.2) is 29.3 Å². The molecule has 2 heterocycles. The van der Waals surface area contributed by atoms with Gasteiger partial charge in [-0.3, -0.25) is 0 Å². The van der Waals surface area contributed by atoms with Gasteiger partial charge in [-0.15, -0.1) is 11.3 Å². The molecule has 0 aliphatic heterocycles. The maximum Gasteiger partial charge on any atom is 0.158 e. The molecule has 0 saturated carbocycles. The first-order valence-electron chi connectivity index (χ1n) is 6.14. The van der Waals surface area contributed by atoms with Crippen molar-refractivity contribution in [3.63, 3.8) is 0 Å². The van der Waals surface area contributed by atoms with Crippen LogP contribution in [0.15, 0.2) is 11.4 Å². The molecule has 0 amide bonds. The highest BCUT2D eigenvalue weighted by atomic mass is 32.1. The van der Waals surface area contributed by atoms with Crippen LogP contribution in [0.3, 0.4) is 0 Å². The Hall–Kier alpha value is -1.24. The molecular weight excluding hydrogens is 262 g/mol. The van der Waals surface area contributed by atoms with E-state index in [0.29, 0.717) is 24.9 Å². The lowest BCUT2D eigenvalue weighted by Gasteiger charge is -2.22. The van der Waals surface area contributed by atoms with Gasteiger partial charge < -0.3 is 15.2 Å². The first-order chi connectivity index (χ1) is 9.02. The third-order valence-electron chi connectivity index (χ3n) is 3.03. The van der Waals surface area contributed by atoms with E-state index in [1.165, 1.54) is 0 Å². The summed E-state index contributed by atoms with van der Waals surface area (Å²) in [5.41, 5.74) is 5.71. The van der Waals surface area contributed by atoms with E-state index in [-0.39, 0.29) is 5.60 Å². The summed E-state index contributed by atoms with van der Waals surface area (Å²) in [5.74, 6) is 1.14. The van der Waals surface area contributed by atoms with E-state index in [0.717, 1.165) is 16.6 Å². The van der Waals surface area contributed by atoms with E-state index in [2.05, 4.69) is 9.97 Å². The Morgan fingerprint density at radius 2 is 2.16 bits per heavy atom. The van der Waals surface area contributed by atoms with Gasteiger partial charge in [-0.05, 0) is 31.7 Å². The SMILES string of the molecule is COC(C)(C)CCOCc1nc(N)c2ccsc2n1. The highest BCUT2D eigenvalue weighted by Crippen LogP contribution is 2.23. The summed E-state index contributed by atoms with van der Waals surface area (Å²) in [5, 5.41) is 2.87. The van der Waals surface area contributed by atoms with Crippen molar-refractivity contribution in [3.8, 4) is 0 Å². The van der Waals surface area contributed by atoms with Gasteiger partial charge in [0.15, 0.2) is 5.82 Å². The zero-order chi connectivity index (χ0) is 13.9. The van der Waals surface area contributed by atoms with Gasteiger partial charge >= 0.3 is 0 Å². The monoisotopic (exact) mass is 281 g/mol. The number of methoxy groups -OCH3 is 1. The number of hydrogen-bond donors (Lipinski definition) is 1. The van der Waals surface area contributed by atoms with E-state index >= 15 is 0 Å². The largest absolute Gasteiger partial charge is 0.383 e. The molecule has 0 aliphatic rings. The van der Waals surface area contributed by atoms with Gasteiger partial charge in [-0.25, -0.2) is 9.97 Å². The van der Waals surface area contributed by atoms with Crippen LogP contribution in [0.2, 0.25) is 0 Å². The van der Waals surface area contributed by atoms with E-state index in [9.17, 15) is 0 Å². The first-order valence-corrected chi connectivity index (χ1v) is 7.02. The minimum Gasteiger partial charge on any atom is -0.383 e. The molecule has 0 saturated heterocycles. The number of nitrogens with two attached hydrogens (primary N) is 1. The Morgan fingerprint density at radius 3 is 2.89 bits per heavy atom. The van der Waals surface area contributed by atoms with Crippen LogP contribution in [-0.2, 0) is 16.1 Å². The predicted octanol–water partition coefficient (Wildman–Crippen LogP) is 2.61. The molecule has 2 rings (SSSR count). The second-order valence-corrected chi connectivity index (χ2v) is 5.83. The van der Waals surface area contributed by atoms with Crippen LogP contribution < -0.4 is 5.73 Å². The van der Waals surface area contributed by atoms with Crippen LogP contribution >= 0.6 is 11.3 Å². The maximum absolute atomic E-state index is 5.88. The van der Waals surface area contributed by atoms with Crippen LogP contribution in [0.4, 0.5) is 5.82 Å². The Balaban J connectivity index is 1.91. The van der Waals surface area contributed by atoms with Crippen molar-refractivity contribution >= 4 is 27.4 Å². The second-order valence-electron chi connectivity index (χ2n) is 4.93. The van der Waals surface area contributed by atoms with Crippen molar-refractivity contribution in [3.05, 3.63) is 17.3 Å². The molecule has 2 aromatic heterocycles. The molecular formula is C13H19N3O2S. The third kappa shape index (κ3) is 3.62. The van der Waals surface area contributed by atoms with Crippen molar-refractivity contribution in [2.45, 2.75) is 32.5 Å². The van der Waals surface area contributed by atoms with Crippen LogP contribution in [0.5, 0.6) is 0 Å². The second kappa shape index (κ2) is 5.81. The molecule has 0 aromatic carbocycles. The maximum atomic E-state index is 5.88. The van der Waals surface area contributed by atoms with Crippen molar-refractivity contribution in [2.24, 2.45) is 0 Å². The smallest absolute Gasteiger partial charge is 0.158 e. The minimum atomic E-state index is -0.169. The molecule has 19 heavy (non-hydrogen) atoms. The molecule has 0 spiro atoms. The number of fused-ring (bicyclic) bond motifs is 1. The van der Waals surface area contributed by atoms with Crippen LogP contribution in [0.25, 0.3) is 10.2 Å². The summed E-state index contributed by atoms with van der Waals surface area (Å²) >= 11 is 1.56. The fourth-order valence-corrected chi connectivity index (χ4v) is 2.36. The molecule has 2 N–H and O–H groups in total. The predicted molar refractivity (Wildman–Crippen MR) is 77.2 cm³/mol. The van der Waals surface area contributed by atoms with Gasteiger partial charge in [-0.2, -0.15) is 0 Å². The molecule has 104 valence electrons.